The number of hydrogen-bond donors (Lipinski definition) is 3. The van der Waals surface area contributed by atoms with Crippen LogP contribution in [-0.2, 0) is 14.3 Å². The fourth-order valence-electron chi connectivity index (χ4n) is 5.68. The summed E-state index contributed by atoms with van der Waals surface area (Å²) in [7, 11) is 0. The lowest BCUT2D eigenvalue weighted by Gasteiger charge is -2.38. The molecule has 0 aromatic carbocycles. The second-order valence-electron chi connectivity index (χ2n) is 9.12. The van der Waals surface area contributed by atoms with Gasteiger partial charge in [-0.15, -0.1) is 0 Å². The highest BCUT2D eigenvalue weighted by molar-refractivity contribution is 6.00. The molecular weight excluding hydrogens is 398 g/mol. The SMILES string of the molecule is N[C@H]1C2C=CC=CC2C[C@@H]1OC1=CC=C2C(=O)N(C3CCC(O)N(CO)C3=O)CC2C1. The van der Waals surface area contributed by atoms with E-state index in [-0.39, 0.29) is 24.0 Å². The highest BCUT2D eigenvalue weighted by Gasteiger charge is 2.47. The Labute approximate surface area is 181 Å². The van der Waals surface area contributed by atoms with E-state index in [1.54, 1.807) is 4.90 Å². The molecule has 5 unspecified atom stereocenters. The van der Waals surface area contributed by atoms with Crippen LogP contribution in [0.5, 0.6) is 0 Å². The summed E-state index contributed by atoms with van der Waals surface area (Å²) in [6.45, 7) is -0.122. The zero-order valence-electron chi connectivity index (χ0n) is 17.3. The lowest BCUT2D eigenvalue weighted by atomic mass is 9.90. The van der Waals surface area contributed by atoms with Crippen LogP contribution in [-0.4, -0.2) is 69.5 Å². The van der Waals surface area contributed by atoms with Crippen LogP contribution in [0, 0.1) is 17.8 Å². The van der Waals surface area contributed by atoms with E-state index in [0.717, 1.165) is 17.1 Å². The van der Waals surface area contributed by atoms with E-state index in [4.69, 9.17) is 10.5 Å². The molecule has 0 aromatic rings. The van der Waals surface area contributed by atoms with Crippen molar-refractivity contribution in [1.29, 1.82) is 0 Å². The smallest absolute Gasteiger partial charge is 0.250 e. The van der Waals surface area contributed by atoms with Crippen LogP contribution < -0.4 is 5.73 Å². The third kappa shape index (κ3) is 3.43. The molecule has 5 rings (SSSR count). The van der Waals surface area contributed by atoms with Gasteiger partial charge in [0.1, 0.15) is 25.1 Å². The molecule has 7 atom stereocenters. The molecule has 2 aliphatic heterocycles. The summed E-state index contributed by atoms with van der Waals surface area (Å²) in [6, 6.07) is -0.709. The highest BCUT2D eigenvalue weighted by Crippen LogP contribution is 2.41. The predicted molar refractivity (Wildman–Crippen MR) is 112 cm³/mol. The molecule has 4 N–H and O–H groups in total. The molecule has 2 saturated heterocycles. The molecule has 166 valence electrons. The summed E-state index contributed by atoms with van der Waals surface area (Å²) in [5, 5.41) is 19.3. The van der Waals surface area contributed by atoms with Crippen molar-refractivity contribution in [3.05, 3.63) is 47.8 Å². The number of rotatable bonds is 4. The van der Waals surface area contributed by atoms with Crippen molar-refractivity contribution < 1.29 is 24.5 Å². The Balaban J connectivity index is 1.25. The number of aliphatic hydroxyl groups excluding tert-OH is 2. The van der Waals surface area contributed by atoms with Crippen molar-refractivity contribution in [2.24, 2.45) is 23.5 Å². The van der Waals surface area contributed by atoms with Crippen LogP contribution in [0.15, 0.2) is 47.8 Å². The molecule has 0 bridgehead atoms. The van der Waals surface area contributed by atoms with Gasteiger partial charge in [0.15, 0.2) is 0 Å². The van der Waals surface area contributed by atoms with Crippen LogP contribution in [0.3, 0.4) is 0 Å². The summed E-state index contributed by atoms with van der Waals surface area (Å²) in [5.74, 6) is 0.958. The van der Waals surface area contributed by atoms with Crippen LogP contribution in [0.25, 0.3) is 0 Å². The molecule has 3 aliphatic carbocycles. The lowest BCUT2D eigenvalue weighted by Crippen LogP contribution is -2.56. The number of allylic oxidation sites excluding steroid dienone is 6. The van der Waals surface area contributed by atoms with Crippen LogP contribution in [0.1, 0.15) is 25.7 Å². The highest BCUT2D eigenvalue weighted by atomic mass is 16.5. The van der Waals surface area contributed by atoms with E-state index in [9.17, 15) is 19.8 Å². The van der Waals surface area contributed by atoms with Crippen molar-refractivity contribution in [2.75, 3.05) is 13.3 Å². The largest absolute Gasteiger partial charge is 0.493 e. The summed E-state index contributed by atoms with van der Waals surface area (Å²) < 4.78 is 6.30. The van der Waals surface area contributed by atoms with Gasteiger partial charge in [-0.2, -0.15) is 0 Å². The summed E-state index contributed by atoms with van der Waals surface area (Å²) in [6.07, 6.45) is 13.3. The minimum absolute atomic E-state index is 0.0329. The molecule has 8 nitrogen and oxygen atoms in total. The molecule has 1 saturated carbocycles. The molecule has 8 heteroatoms. The molecule has 2 heterocycles. The number of likely N-dealkylation sites (tertiary alicyclic amines) is 2. The van der Waals surface area contributed by atoms with Gasteiger partial charge in [0, 0.05) is 36.4 Å². The number of nitrogens with two attached hydrogens (primary N) is 1. The number of amides is 2. The standard InChI is InChI=1S/C23H29N3O5/c24-21-16-4-2-1-3-13(16)10-19(21)31-15-5-6-17-14(9-15)11-25(22(17)29)18-7-8-20(28)26(12-27)23(18)30/h1-6,13-14,16,18-21,27-28H,7-12,24H2/t13?,14?,16?,18?,19-,20?,21-/m0/s1. The second-order valence-corrected chi connectivity index (χ2v) is 9.12. The van der Waals surface area contributed by atoms with Crippen LogP contribution in [0.4, 0.5) is 0 Å². The summed E-state index contributed by atoms with van der Waals surface area (Å²) >= 11 is 0. The monoisotopic (exact) mass is 427 g/mol. The quantitative estimate of drug-likeness (QED) is 0.598. The van der Waals surface area contributed by atoms with E-state index in [1.807, 2.05) is 18.2 Å². The number of hydrogen-bond acceptors (Lipinski definition) is 6. The number of nitrogens with zero attached hydrogens (tertiary/aromatic N) is 2. The van der Waals surface area contributed by atoms with E-state index in [1.165, 1.54) is 0 Å². The summed E-state index contributed by atoms with van der Waals surface area (Å²) in [4.78, 5) is 28.3. The fraction of sp³-hybridized carbons (Fsp3) is 0.565. The minimum atomic E-state index is -1.00. The van der Waals surface area contributed by atoms with Crippen molar-refractivity contribution in [2.45, 2.75) is 50.1 Å². The molecule has 5 aliphatic rings. The van der Waals surface area contributed by atoms with Crippen LogP contribution >= 0.6 is 0 Å². The fourth-order valence-corrected chi connectivity index (χ4v) is 5.68. The molecule has 0 spiro atoms. The van der Waals surface area contributed by atoms with Gasteiger partial charge in [-0.25, -0.2) is 0 Å². The lowest BCUT2D eigenvalue weighted by molar-refractivity contribution is -0.164. The van der Waals surface area contributed by atoms with Gasteiger partial charge in [-0.3, -0.25) is 14.5 Å². The van der Waals surface area contributed by atoms with Gasteiger partial charge in [0.05, 0.1) is 5.76 Å². The maximum absolute atomic E-state index is 13.0. The molecule has 3 fully saturated rings. The average Bonchev–Trinajstić information content (AvgIpc) is 3.25. The maximum Gasteiger partial charge on any atom is 0.250 e. The second kappa shape index (κ2) is 7.93. The van der Waals surface area contributed by atoms with Crippen molar-refractivity contribution in [1.82, 2.24) is 9.80 Å². The number of piperidine rings is 1. The van der Waals surface area contributed by atoms with Gasteiger partial charge in [-0.1, -0.05) is 24.3 Å². The minimum Gasteiger partial charge on any atom is -0.493 e. The van der Waals surface area contributed by atoms with Crippen molar-refractivity contribution in [3.8, 4) is 0 Å². The Kier molecular flexibility index (Phi) is 5.24. The van der Waals surface area contributed by atoms with E-state index >= 15 is 0 Å². The third-order valence-corrected chi connectivity index (χ3v) is 7.39. The number of fused-ring (bicyclic) bond motifs is 2. The van der Waals surface area contributed by atoms with Gasteiger partial charge >= 0.3 is 0 Å². The van der Waals surface area contributed by atoms with Gasteiger partial charge < -0.3 is 25.6 Å². The van der Waals surface area contributed by atoms with E-state index in [0.29, 0.717) is 43.2 Å². The predicted octanol–water partition coefficient (Wildman–Crippen LogP) is 0.393. The first-order valence-electron chi connectivity index (χ1n) is 11.1. The zero-order valence-corrected chi connectivity index (χ0v) is 17.3. The normalized spacial score (nSPS) is 39.4. The first-order chi connectivity index (χ1) is 15.0. The Morgan fingerprint density at radius 2 is 1.97 bits per heavy atom. The first-order valence-corrected chi connectivity index (χ1v) is 11.1. The molecule has 0 radical (unpaired) electrons. The van der Waals surface area contributed by atoms with E-state index < -0.39 is 24.9 Å². The molecular formula is C23H29N3O5. The van der Waals surface area contributed by atoms with Gasteiger partial charge in [0.2, 0.25) is 5.91 Å². The zero-order chi connectivity index (χ0) is 21.7. The molecule has 2 amide bonds. The maximum atomic E-state index is 13.0. The number of ether oxygens (including phenoxy) is 1. The van der Waals surface area contributed by atoms with E-state index in [2.05, 4.69) is 18.2 Å². The van der Waals surface area contributed by atoms with Gasteiger partial charge in [-0.05, 0) is 37.3 Å². The van der Waals surface area contributed by atoms with Crippen molar-refractivity contribution in [3.63, 3.8) is 0 Å². The molecule has 0 aromatic heterocycles. The average molecular weight is 428 g/mol. The number of carbonyl (C=O) groups is 2. The number of aliphatic hydroxyl groups is 2. The summed E-state index contributed by atoms with van der Waals surface area (Å²) in [5.41, 5.74) is 7.15. The number of carbonyl (C=O) groups excluding carboxylic acids is 2. The molecule has 31 heavy (non-hydrogen) atoms. The van der Waals surface area contributed by atoms with Crippen molar-refractivity contribution >= 4 is 11.8 Å². The Bertz CT molecular complexity index is 894. The van der Waals surface area contributed by atoms with Gasteiger partial charge in [0.25, 0.3) is 5.91 Å². The Morgan fingerprint density at radius 3 is 2.74 bits per heavy atom. The third-order valence-electron chi connectivity index (χ3n) is 7.39. The topological polar surface area (TPSA) is 116 Å². The Hall–Kier alpha value is -2.42. The van der Waals surface area contributed by atoms with Crippen LogP contribution in [0.2, 0.25) is 0 Å². The Morgan fingerprint density at radius 1 is 1.16 bits per heavy atom. The first kappa shape index (κ1) is 20.5.